The highest BCUT2D eigenvalue weighted by Gasteiger charge is 2.39. The average molecular weight is 164 g/mol. The first kappa shape index (κ1) is 7.44. The second kappa shape index (κ2) is 2.52. The van der Waals surface area contributed by atoms with Crippen LogP contribution in [0.25, 0.3) is 0 Å². The Balaban J connectivity index is 2.54. The Morgan fingerprint density at radius 1 is 1.89 bits per heavy atom. The van der Waals surface area contributed by atoms with Gasteiger partial charge in [-0.2, -0.15) is 0 Å². The van der Waals surface area contributed by atoms with Gasteiger partial charge < -0.3 is 9.35 Å². The molecule has 0 aromatic rings. The van der Waals surface area contributed by atoms with Gasteiger partial charge in [-0.25, -0.2) is 0 Å². The van der Waals surface area contributed by atoms with Gasteiger partial charge in [-0.15, -0.1) is 0 Å². The number of carbonyl (C=O) groups excluding carboxylic acids is 1. The number of carbonyl (C=O) groups is 1. The van der Waals surface area contributed by atoms with Crippen molar-refractivity contribution >= 4 is 27.3 Å². The van der Waals surface area contributed by atoms with E-state index < -0.39 is 10.2 Å². The van der Waals surface area contributed by atoms with Gasteiger partial charge in [0.15, 0.2) is 0 Å². The van der Waals surface area contributed by atoms with E-state index in [4.69, 9.17) is 0 Å². The molecular formula is C5H8O2S2. The van der Waals surface area contributed by atoms with Crippen LogP contribution in [-0.2, 0) is 15.0 Å². The lowest BCUT2D eigenvalue weighted by atomic mass is 9.99. The Morgan fingerprint density at radius 2 is 2.56 bits per heavy atom. The number of hydrogen-bond donors (Lipinski definition) is 0. The molecule has 2 atom stereocenters. The molecule has 0 radical (unpaired) electrons. The normalized spacial score (nSPS) is 43.1. The van der Waals surface area contributed by atoms with Crippen molar-refractivity contribution in [3.8, 4) is 0 Å². The minimum absolute atomic E-state index is 0.310. The van der Waals surface area contributed by atoms with Crippen molar-refractivity contribution < 1.29 is 9.35 Å². The van der Waals surface area contributed by atoms with Gasteiger partial charge in [0.2, 0.25) is 0 Å². The molecule has 0 aromatic heterocycles. The summed E-state index contributed by atoms with van der Waals surface area (Å²) >= 11 is 0. The van der Waals surface area contributed by atoms with E-state index in [-0.39, 0.29) is 5.41 Å². The van der Waals surface area contributed by atoms with Gasteiger partial charge in [-0.05, 0) is 6.92 Å². The lowest BCUT2D eigenvalue weighted by Crippen LogP contribution is -2.22. The molecule has 2 nitrogen and oxygen atoms in total. The molecule has 0 amide bonds. The van der Waals surface area contributed by atoms with Gasteiger partial charge in [0.1, 0.15) is 12.0 Å². The van der Waals surface area contributed by atoms with Gasteiger partial charge in [-0.1, -0.05) is 0 Å². The Bertz CT molecular complexity index is 128. The van der Waals surface area contributed by atoms with Crippen molar-refractivity contribution in [3.05, 3.63) is 0 Å². The largest absolute Gasteiger partial charge is 0.605 e. The highest BCUT2D eigenvalue weighted by atomic mass is 33.1. The molecule has 1 fully saturated rings. The zero-order valence-corrected chi connectivity index (χ0v) is 6.76. The summed E-state index contributed by atoms with van der Waals surface area (Å²) in [6, 6.07) is 0. The second-order valence-corrected chi connectivity index (χ2v) is 5.73. The fraction of sp³-hybridized carbons (Fsp3) is 0.800. The summed E-state index contributed by atoms with van der Waals surface area (Å²) in [7, 11) is 0.563. The molecule has 1 heterocycles. The monoisotopic (exact) mass is 164 g/mol. The van der Waals surface area contributed by atoms with E-state index in [0.717, 1.165) is 6.29 Å². The van der Waals surface area contributed by atoms with E-state index in [1.807, 2.05) is 6.92 Å². The summed E-state index contributed by atoms with van der Waals surface area (Å²) in [5, 5.41) is 0. The molecule has 2 unspecified atom stereocenters. The molecule has 0 spiro atoms. The topological polar surface area (TPSA) is 40.1 Å². The third-order valence-corrected chi connectivity index (χ3v) is 4.68. The quantitative estimate of drug-likeness (QED) is 0.324. The molecule has 0 bridgehead atoms. The third-order valence-electron chi connectivity index (χ3n) is 1.25. The van der Waals surface area contributed by atoms with Crippen LogP contribution in [0, 0.1) is 5.41 Å². The summed E-state index contributed by atoms with van der Waals surface area (Å²) in [5.41, 5.74) is -0.310. The Labute approximate surface area is 61.0 Å². The van der Waals surface area contributed by atoms with Crippen molar-refractivity contribution in [2.75, 3.05) is 11.5 Å². The molecule has 1 aliphatic heterocycles. The Morgan fingerprint density at radius 3 is 2.78 bits per heavy atom. The molecule has 52 valence electrons. The molecule has 1 aliphatic rings. The first-order valence-corrected chi connectivity index (χ1v) is 5.46. The minimum atomic E-state index is -0.807. The molecule has 0 aromatic carbocycles. The van der Waals surface area contributed by atoms with Crippen LogP contribution in [0.4, 0.5) is 0 Å². The van der Waals surface area contributed by atoms with E-state index in [1.165, 1.54) is 10.8 Å². The maximum absolute atomic E-state index is 10.7. The van der Waals surface area contributed by atoms with E-state index in [2.05, 4.69) is 0 Å². The standard InChI is InChI=1S/C5H8O2S2/c1-5(2-6)3-8-9(7)4-5/h2H,3-4H2,1H3. The second-order valence-electron chi connectivity index (χ2n) is 2.48. The molecule has 1 rings (SSSR count). The number of aldehydes is 1. The molecular weight excluding hydrogens is 156 g/mol. The molecule has 0 aliphatic carbocycles. The maximum Gasteiger partial charge on any atom is 0.131 e. The molecule has 9 heavy (non-hydrogen) atoms. The zero-order valence-electron chi connectivity index (χ0n) is 5.12. The minimum Gasteiger partial charge on any atom is -0.605 e. The number of rotatable bonds is 1. The van der Waals surface area contributed by atoms with Crippen molar-refractivity contribution in [1.29, 1.82) is 0 Å². The summed E-state index contributed by atoms with van der Waals surface area (Å²) in [5.74, 6) is 1.24. The van der Waals surface area contributed by atoms with Crippen LogP contribution >= 0.6 is 10.8 Å². The summed E-state index contributed by atoms with van der Waals surface area (Å²) < 4.78 is 10.7. The van der Waals surface area contributed by atoms with Crippen molar-refractivity contribution in [2.24, 2.45) is 5.41 Å². The van der Waals surface area contributed by atoms with Crippen LogP contribution in [0.5, 0.6) is 0 Å². The predicted molar refractivity (Wildman–Crippen MR) is 39.6 cm³/mol. The lowest BCUT2D eigenvalue weighted by Gasteiger charge is -2.07. The fourth-order valence-corrected chi connectivity index (χ4v) is 4.37. The highest BCUT2D eigenvalue weighted by Crippen LogP contribution is 2.35. The van der Waals surface area contributed by atoms with Crippen LogP contribution in [0.15, 0.2) is 0 Å². The first-order chi connectivity index (χ1) is 4.16. The summed E-state index contributed by atoms with van der Waals surface area (Å²) in [6.45, 7) is 1.85. The molecule has 0 saturated carbocycles. The predicted octanol–water partition coefficient (Wildman–Crippen LogP) is 0.602. The highest BCUT2D eigenvalue weighted by molar-refractivity contribution is 8.72. The zero-order chi connectivity index (χ0) is 6.91. The number of hydrogen-bond acceptors (Lipinski definition) is 3. The fourth-order valence-electron chi connectivity index (χ4n) is 0.621. The van der Waals surface area contributed by atoms with E-state index in [0.29, 0.717) is 11.5 Å². The van der Waals surface area contributed by atoms with Gasteiger partial charge >= 0.3 is 0 Å². The van der Waals surface area contributed by atoms with Gasteiger partial charge in [0.25, 0.3) is 0 Å². The smallest absolute Gasteiger partial charge is 0.131 e. The molecule has 4 heteroatoms. The van der Waals surface area contributed by atoms with Crippen LogP contribution in [-0.4, -0.2) is 22.3 Å². The molecule has 1 saturated heterocycles. The summed E-state index contributed by atoms with van der Waals surface area (Å²) in [6.07, 6.45) is 0.908. The first-order valence-electron chi connectivity index (χ1n) is 2.64. The third kappa shape index (κ3) is 1.63. The lowest BCUT2D eigenvalue weighted by molar-refractivity contribution is -0.113. The van der Waals surface area contributed by atoms with Gasteiger partial charge in [-0.3, -0.25) is 0 Å². The van der Waals surface area contributed by atoms with Crippen LogP contribution in [0.1, 0.15) is 6.92 Å². The van der Waals surface area contributed by atoms with E-state index in [9.17, 15) is 9.35 Å². The van der Waals surface area contributed by atoms with Crippen LogP contribution < -0.4 is 0 Å². The van der Waals surface area contributed by atoms with Gasteiger partial charge in [0.05, 0.1) is 22.0 Å². The van der Waals surface area contributed by atoms with Crippen LogP contribution in [0.2, 0.25) is 0 Å². The van der Waals surface area contributed by atoms with E-state index >= 15 is 0 Å². The average Bonchev–Trinajstić information content (AvgIpc) is 2.13. The van der Waals surface area contributed by atoms with Crippen molar-refractivity contribution in [1.82, 2.24) is 0 Å². The van der Waals surface area contributed by atoms with E-state index in [1.54, 1.807) is 0 Å². The Kier molecular flexibility index (Phi) is 2.08. The maximum atomic E-state index is 10.7. The van der Waals surface area contributed by atoms with Crippen LogP contribution in [0.3, 0.4) is 0 Å². The molecule has 0 N–H and O–H groups in total. The van der Waals surface area contributed by atoms with Crippen molar-refractivity contribution in [3.63, 3.8) is 0 Å². The van der Waals surface area contributed by atoms with Crippen molar-refractivity contribution in [2.45, 2.75) is 6.92 Å². The SMILES string of the molecule is CC1(C=O)CS[S+]([O-])C1. The van der Waals surface area contributed by atoms with Gasteiger partial charge in [0, 0.05) is 10.2 Å². The summed E-state index contributed by atoms with van der Waals surface area (Å²) in [4.78, 5) is 10.3. The Hall–Kier alpha value is 0.330.